The van der Waals surface area contributed by atoms with Crippen LogP contribution in [0.1, 0.15) is 25.6 Å². The maximum Gasteiger partial charge on any atom is 0.132 e. The van der Waals surface area contributed by atoms with Crippen LogP contribution in [0.3, 0.4) is 0 Å². The molecule has 0 aliphatic rings. The summed E-state index contributed by atoms with van der Waals surface area (Å²) in [6, 6.07) is 8.19. The van der Waals surface area contributed by atoms with Crippen molar-refractivity contribution < 1.29 is 4.74 Å². The second kappa shape index (κ2) is 5.57. The van der Waals surface area contributed by atoms with Crippen LogP contribution in [0.4, 0.5) is 5.69 Å². The highest BCUT2D eigenvalue weighted by Crippen LogP contribution is 2.39. The van der Waals surface area contributed by atoms with E-state index in [0.717, 1.165) is 27.1 Å². The molecule has 0 spiro atoms. The Balaban J connectivity index is 2.43. The van der Waals surface area contributed by atoms with Crippen molar-refractivity contribution in [1.29, 1.82) is 0 Å². The molecule has 0 atom stereocenters. The van der Waals surface area contributed by atoms with Gasteiger partial charge in [-0.2, -0.15) is 5.10 Å². The van der Waals surface area contributed by atoms with E-state index in [2.05, 4.69) is 18.9 Å². The Kier molecular flexibility index (Phi) is 4.04. The Labute approximate surface area is 117 Å². The summed E-state index contributed by atoms with van der Waals surface area (Å²) < 4.78 is 7.33. The molecule has 1 aromatic heterocycles. The zero-order valence-corrected chi connectivity index (χ0v) is 12.5. The van der Waals surface area contributed by atoms with Crippen LogP contribution in [-0.4, -0.2) is 16.9 Å². The third kappa shape index (κ3) is 2.71. The van der Waals surface area contributed by atoms with Gasteiger partial charge < -0.3 is 10.5 Å². The maximum atomic E-state index is 6.14. The summed E-state index contributed by atoms with van der Waals surface area (Å²) in [6.07, 6.45) is 0. The number of hydrogen-bond acceptors (Lipinski definition) is 4. The standard InChI is InChI=1S/C14H19N3OS/c1-9(2)17-14(13(15)10(3)16-17)19-12-8-6-5-7-11(12)18-4/h5-9H,15H2,1-4H3. The van der Waals surface area contributed by atoms with E-state index in [-0.39, 0.29) is 6.04 Å². The summed E-state index contributed by atoms with van der Waals surface area (Å²) in [5.41, 5.74) is 7.74. The molecule has 0 radical (unpaired) electrons. The minimum Gasteiger partial charge on any atom is -0.496 e. The molecule has 2 N–H and O–H groups in total. The molecule has 0 saturated heterocycles. The van der Waals surface area contributed by atoms with Crippen LogP contribution in [0.15, 0.2) is 34.2 Å². The number of rotatable bonds is 4. The van der Waals surface area contributed by atoms with E-state index in [1.165, 1.54) is 0 Å². The van der Waals surface area contributed by atoms with Crippen LogP contribution in [0.2, 0.25) is 0 Å². The number of aryl methyl sites for hydroxylation is 1. The lowest BCUT2D eigenvalue weighted by Crippen LogP contribution is -2.04. The van der Waals surface area contributed by atoms with Gasteiger partial charge in [-0.3, -0.25) is 4.68 Å². The van der Waals surface area contributed by atoms with Gasteiger partial charge in [0.1, 0.15) is 10.8 Å². The first kappa shape index (κ1) is 13.8. The van der Waals surface area contributed by atoms with Crippen LogP contribution in [0.5, 0.6) is 5.75 Å². The summed E-state index contributed by atoms with van der Waals surface area (Å²) in [5.74, 6) is 0.848. The maximum absolute atomic E-state index is 6.14. The lowest BCUT2D eigenvalue weighted by atomic mass is 10.3. The van der Waals surface area contributed by atoms with Crippen molar-refractivity contribution in [3.8, 4) is 5.75 Å². The van der Waals surface area contributed by atoms with Crippen LogP contribution >= 0.6 is 11.8 Å². The summed E-state index contributed by atoms with van der Waals surface area (Å²) in [5, 5.41) is 5.46. The van der Waals surface area contributed by atoms with E-state index in [1.807, 2.05) is 35.9 Å². The predicted octanol–water partition coefficient (Wildman–Crippen LogP) is 3.51. The average Bonchev–Trinajstić information content (AvgIpc) is 2.68. The van der Waals surface area contributed by atoms with Crippen LogP contribution in [0, 0.1) is 6.92 Å². The Morgan fingerprint density at radius 3 is 2.63 bits per heavy atom. The molecule has 0 saturated carbocycles. The van der Waals surface area contributed by atoms with Crippen LogP contribution in [0.25, 0.3) is 0 Å². The topological polar surface area (TPSA) is 53.1 Å². The summed E-state index contributed by atoms with van der Waals surface area (Å²) in [6.45, 7) is 6.12. The number of nitrogen functional groups attached to an aromatic ring is 1. The van der Waals surface area contributed by atoms with Crippen LogP contribution in [-0.2, 0) is 0 Å². The molecule has 1 heterocycles. The number of ether oxygens (including phenoxy) is 1. The highest BCUT2D eigenvalue weighted by molar-refractivity contribution is 7.99. The zero-order chi connectivity index (χ0) is 14.0. The van der Waals surface area contributed by atoms with Gasteiger partial charge in [0.05, 0.1) is 23.4 Å². The van der Waals surface area contributed by atoms with E-state index < -0.39 is 0 Å². The minimum atomic E-state index is 0.271. The highest BCUT2D eigenvalue weighted by atomic mass is 32.2. The van der Waals surface area contributed by atoms with E-state index in [4.69, 9.17) is 10.5 Å². The Morgan fingerprint density at radius 2 is 2.00 bits per heavy atom. The van der Waals surface area contributed by atoms with Gasteiger partial charge >= 0.3 is 0 Å². The Bertz CT molecular complexity index is 578. The van der Waals surface area contributed by atoms with Gasteiger partial charge in [-0.05, 0) is 32.9 Å². The van der Waals surface area contributed by atoms with Crippen LogP contribution < -0.4 is 10.5 Å². The smallest absolute Gasteiger partial charge is 0.132 e. The van der Waals surface area contributed by atoms with Gasteiger partial charge in [0.15, 0.2) is 0 Å². The number of nitrogens with two attached hydrogens (primary N) is 1. The SMILES string of the molecule is COc1ccccc1Sc1c(N)c(C)nn1C(C)C. The van der Waals surface area contributed by atoms with Crippen molar-refractivity contribution in [3.05, 3.63) is 30.0 Å². The molecular formula is C14H19N3OS. The van der Waals surface area contributed by atoms with Crippen molar-refractivity contribution in [2.75, 3.05) is 12.8 Å². The first-order valence-electron chi connectivity index (χ1n) is 6.20. The predicted molar refractivity (Wildman–Crippen MR) is 78.9 cm³/mol. The molecular weight excluding hydrogens is 258 g/mol. The number of para-hydroxylation sites is 1. The molecule has 0 bridgehead atoms. The second-order valence-electron chi connectivity index (χ2n) is 4.60. The van der Waals surface area contributed by atoms with E-state index >= 15 is 0 Å². The molecule has 2 aromatic rings. The number of nitrogens with zero attached hydrogens (tertiary/aromatic N) is 2. The number of anilines is 1. The lowest BCUT2D eigenvalue weighted by Gasteiger charge is -2.12. The molecule has 19 heavy (non-hydrogen) atoms. The Hall–Kier alpha value is -1.62. The van der Waals surface area contributed by atoms with Crippen molar-refractivity contribution in [2.45, 2.75) is 36.7 Å². The third-order valence-electron chi connectivity index (χ3n) is 2.85. The number of methoxy groups -OCH3 is 1. The van der Waals surface area contributed by atoms with Gasteiger partial charge in [0.2, 0.25) is 0 Å². The minimum absolute atomic E-state index is 0.271. The first-order chi connectivity index (χ1) is 9.04. The van der Waals surface area contributed by atoms with Gasteiger partial charge in [-0.1, -0.05) is 23.9 Å². The summed E-state index contributed by atoms with van der Waals surface area (Å²) >= 11 is 1.59. The highest BCUT2D eigenvalue weighted by Gasteiger charge is 2.17. The van der Waals surface area contributed by atoms with Gasteiger partial charge in [-0.25, -0.2) is 0 Å². The van der Waals surface area contributed by atoms with Gasteiger partial charge in [-0.15, -0.1) is 0 Å². The molecule has 0 fully saturated rings. The first-order valence-corrected chi connectivity index (χ1v) is 7.01. The fourth-order valence-corrected chi connectivity index (χ4v) is 3.01. The monoisotopic (exact) mass is 277 g/mol. The van der Waals surface area contributed by atoms with Crippen molar-refractivity contribution in [2.24, 2.45) is 0 Å². The van der Waals surface area contributed by atoms with E-state index in [9.17, 15) is 0 Å². The fourth-order valence-electron chi connectivity index (χ4n) is 1.80. The van der Waals surface area contributed by atoms with E-state index in [0.29, 0.717) is 0 Å². The molecule has 1 aromatic carbocycles. The quantitative estimate of drug-likeness (QED) is 0.929. The molecule has 0 aliphatic heterocycles. The summed E-state index contributed by atoms with van der Waals surface area (Å²) in [4.78, 5) is 1.04. The molecule has 102 valence electrons. The number of aromatic nitrogens is 2. The van der Waals surface area contributed by atoms with Crippen molar-refractivity contribution in [3.63, 3.8) is 0 Å². The average molecular weight is 277 g/mol. The van der Waals surface area contributed by atoms with Gasteiger partial charge in [0, 0.05) is 6.04 Å². The molecule has 0 unspecified atom stereocenters. The fraction of sp³-hybridized carbons (Fsp3) is 0.357. The summed E-state index contributed by atoms with van der Waals surface area (Å²) in [7, 11) is 1.67. The van der Waals surface area contributed by atoms with Gasteiger partial charge in [0.25, 0.3) is 0 Å². The Morgan fingerprint density at radius 1 is 1.32 bits per heavy atom. The third-order valence-corrected chi connectivity index (χ3v) is 4.01. The van der Waals surface area contributed by atoms with Crippen molar-refractivity contribution in [1.82, 2.24) is 9.78 Å². The molecule has 0 amide bonds. The van der Waals surface area contributed by atoms with E-state index in [1.54, 1.807) is 18.9 Å². The largest absolute Gasteiger partial charge is 0.496 e. The second-order valence-corrected chi connectivity index (χ2v) is 5.63. The number of hydrogen-bond donors (Lipinski definition) is 1. The number of benzene rings is 1. The lowest BCUT2D eigenvalue weighted by molar-refractivity contribution is 0.404. The normalized spacial score (nSPS) is 11.0. The molecule has 0 aliphatic carbocycles. The molecule has 4 nitrogen and oxygen atoms in total. The zero-order valence-electron chi connectivity index (χ0n) is 11.7. The molecule has 5 heteroatoms. The van der Waals surface area contributed by atoms with Crippen molar-refractivity contribution >= 4 is 17.4 Å². The molecule has 2 rings (SSSR count).